The molecule has 9 nitrogen and oxygen atoms in total. The number of nitrogens with one attached hydrogen (secondary N) is 3. The fourth-order valence-electron chi connectivity index (χ4n) is 4.05. The Morgan fingerprint density at radius 1 is 1.00 bits per heavy atom. The maximum absolute atomic E-state index is 5.54. The Labute approximate surface area is 219 Å². The standard InChI is InChI=1S/C28H38N8O/c1-5-36(6-2)14-10-13-29-26-17-27(32-25-15-22(18-30-25)20(3)4)34-28(33-26)31-19-23-16-24(35-37-23)21-11-8-7-9-12-21/h7-9,11-12,15-17,20H,5-6,10,13-14,18-19H2,1-4H3,(H3,29,30,31,32,33,34). The number of hydrogen-bond donors (Lipinski definition) is 3. The fraction of sp³-hybridized carbons (Fsp3) is 0.429. The van der Waals surface area contributed by atoms with Gasteiger partial charge in [0.1, 0.15) is 23.2 Å². The van der Waals surface area contributed by atoms with Gasteiger partial charge in [0.25, 0.3) is 0 Å². The molecule has 3 heterocycles. The molecule has 4 rings (SSSR count). The van der Waals surface area contributed by atoms with Crippen molar-refractivity contribution in [3.8, 4) is 11.3 Å². The predicted octanol–water partition coefficient (Wildman–Crippen LogP) is 5.29. The maximum Gasteiger partial charge on any atom is 0.227 e. The third-order valence-corrected chi connectivity index (χ3v) is 6.38. The Bertz CT molecular complexity index is 1200. The van der Waals surface area contributed by atoms with Crippen molar-refractivity contribution in [3.05, 3.63) is 59.9 Å². The Balaban J connectivity index is 1.44. The van der Waals surface area contributed by atoms with E-state index in [-0.39, 0.29) is 0 Å². The summed E-state index contributed by atoms with van der Waals surface area (Å²) in [4.78, 5) is 16.4. The highest BCUT2D eigenvalue weighted by molar-refractivity contribution is 6.05. The summed E-state index contributed by atoms with van der Waals surface area (Å²) in [5.41, 5.74) is 3.13. The van der Waals surface area contributed by atoms with Crippen LogP contribution >= 0.6 is 0 Å². The van der Waals surface area contributed by atoms with Gasteiger partial charge in [0, 0.05) is 24.2 Å². The molecule has 0 spiro atoms. The van der Waals surface area contributed by atoms with Gasteiger partial charge in [-0.1, -0.05) is 63.2 Å². The summed E-state index contributed by atoms with van der Waals surface area (Å²) in [6.07, 6.45) is 3.14. The van der Waals surface area contributed by atoms with E-state index < -0.39 is 0 Å². The van der Waals surface area contributed by atoms with Gasteiger partial charge in [-0.05, 0) is 43.6 Å². The Morgan fingerprint density at radius 3 is 2.51 bits per heavy atom. The lowest BCUT2D eigenvalue weighted by Crippen LogP contribution is -2.25. The monoisotopic (exact) mass is 502 g/mol. The van der Waals surface area contributed by atoms with Gasteiger partial charge in [-0.25, -0.2) is 0 Å². The smallest absolute Gasteiger partial charge is 0.227 e. The number of anilines is 3. The quantitative estimate of drug-likeness (QED) is 0.271. The van der Waals surface area contributed by atoms with Crippen LogP contribution in [0.2, 0.25) is 0 Å². The van der Waals surface area contributed by atoms with Crippen LogP contribution in [0.3, 0.4) is 0 Å². The second-order valence-corrected chi connectivity index (χ2v) is 9.37. The molecule has 0 amide bonds. The molecule has 0 fully saturated rings. The highest BCUT2D eigenvalue weighted by atomic mass is 16.5. The van der Waals surface area contributed by atoms with Crippen LogP contribution < -0.4 is 16.0 Å². The van der Waals surface area contributed by atoms with Gasteiger partial charge in [-0.2, -0.15) is 9.97 Å². The zero-order chi connectivity index (χ0) is 26.0. The Kier molecular flexibility index (Phi) is 9.26. The minimum absolute atomic E-state index is 0.420. The molecule has 0 bridgehead atoms. The lowest BCUT2D eigenvalue weighted by atomic mass is 10.0. The third kappa shape index (κ3) is 7.63. The predicted molar refractivity (Wildman–Crippen MR) is 151 cm³/mol. The van der Waals surface area contributed by atoms with Gasteiger partial charge >= 0.3 is 0 Å². The molecule has 9 heteroatoms. The molecule has 0 unspecified atom stereocenters. The van der Waals surface area contributed by atoms with E-state index in [1.807, 2.05) is 42.5 Å². The molecule has 2 aromatic heterocycles. The van der Waals surface area contributed by atoms with Crippen molar-refractivity contribution in [3.63, 3.8) is 0 Å². The second-order valence-electron chi connectivity index (χ2n) is 9.37. The molecule has 0 aliphatic carbocycles. The number of rotatable bonds is 13. The minimum Gasteiger partial charge on any atom is -0.370 e. The van der Waals surface area contributed by atoms with Crippen LogP contribution in [0.25, 0.3) is 11.3 Å². The van der Waals surface area contributed by atoms with Crippen LogP contribution in [0.4, 0.5) is 17.6 Å². The van der Waals surface area contributed by atoms with Crippen LogP contribution in [0.15, 0.2) is 63.6 Å². The van der Waals surface area contributed by atoms with E-state index in [1.54, 1.807) is 0 Å². The number of benzene rings is 1. The van der Waals surface area contributed by atoms with E-state index >= 15 is 0 Å². The van der Waals surface area contributed by atoms with Gasteiger partial charge in [-0.15, -0.1) is 0 Å². The average molecular weight is 503 g/mol. The van der Waals surface area contributed by atoms with Crippen LogP contribution in [-0.2, 0) is 6.54 Å². The first-order valence-corrected chi connectivity index (χ1v) is 13.2. The van der Waals surface area contributed by atoms with Crippen molar-refractivity contribution in [2.24, 2.45) is 10.9 Å². The molecule has 0 atom stereocenters. The highest BCUT2D eigenvalue weighted by Gasteiger charge is 2.14. The molecule has 0 radical (unpaired) electrons. The van der Waals surface area contributed by atoms with Gasteiger partial charge in [0.15, 0.2) is 5.76 Å². The maximum atomic E-state index is 5.54. The zero-order valence-electron chi connectivity index (χ0n) is 22.3. The molecule has 0 saturated heterocycles. The van der Waals surface area contributed by atoms with Gasteiger partial charge in [-0.3, -0.25) is 4.99 Å². The van der Waals surface area contributed by atoms with Gasteiger partial charge < -0.3 is 25.4 Å². The van der Waals surface area contributed by atoms with Crippen LogP contribution in [0.5, 0.6) is 0 Å². The molecule has 1 aromatic carbocycles. The summed E-state index contributed by atoms with van der Waals surface area (Å²) in [7, 11) is 0. The van der Waals surface area contributed by atoms with Crippen molar-refractivity contribution in [2.75, 3.05) is 48.7 Å². The number of aromatic nitrogens is 3. The molecular weight excluding hydrogens is 464 g/mol. The SMILES string of the molecule is CCN(CC)CCCNc1cc(NC2=NCC(C(C)C)=C2)nc(NCc2cc(-c3ccccc3)no2)n1. The first-order valence-electron chi connectivity index (χ1n) is 13.2. The molecule has 1 aliphatic rings. The van der Waals surface area contributed by atoms with E-state index in [1.165, 1.54) is 5.57 Å². The van der Waals surface area contributed by atoms with Gasteiger partial charge in [0.2, 0.25) is 5.95 Å². The van der Waals surface area contributed by atoms with Crippen molar-refractivity contribution >= 4 is 23.4 Å². The molecule has 3 aromatic rings. The summed E-state index contributed by atoms with van der Waals surface area (Å²) < 4.78 is 5.54. The van der Waals surface area contributed by atoms with E-state index in [4.69, 9.17) is 4.52 Å². The van der Waals surface area contributed by atoms with Crippen LogP contribution in [0, 0.1) is 5.92 Å². The normalized spacial score (nSPS) is 13.1. The highest BCUT2D eigenvalue weighted by Crippen LogP contribution is 2.21. The summed E-state index contributed by atoms with van der Waals surface area (Å²) in [6, 6.07) is 13.8. The number of aliphatic imine (C=N–C) groups is 1. The molecule has 0 saturated carbocycles. The first kappa shape index (κ1) is 26.3. The summed E-state index contributed by atoms with van der Waals surface area (Å²) in [6.45, 7) is 13.9. The van der Waals surface area contributed by atoms with Crippen LogP contribution in [0.1, 0.15) is 39.9 Å². The minimum atomic E-state index is 0.420. The van der Waals surface area contributed by atoms with E-state index in [9.17, 15) is 0 Å². The number of hydrogen-bond acceptors (Lipinski definition) is 9. The summed E-state index contributed by atoms with van der Waals surface area (Å²) >= 11 is 0. The molecule has 37 heavy (non-hydrogen) atoms. The first-order chi connectivity index (χ1) is 18.0. The molecule has 1 aliphatic heterocycles. The van der Waals surface area contributed by atoms with E-state index in [2.05, 4.69) is 74.7 Å². The lowest BCUT2D eigenvalue weighted by Gasteiger charge is -2.18. The van der Waals surface area contributed by atoms with Crippen molar-refractivity contribution in [2.45, 2.75) is 40.7 Å². The Morgan fingerprint density at radius 2 is 1.78 bits per heavy atom. The van der Waals surface area contributed by atoms with Crippen molar-refractivity contribution < 1.29 is 4.52 Å². The third-order valence-electron chi connectivity index (χ3n) is 6.38. The second kappa shape index (κ2) is 13.0. The lowest BCUT2D eigenvalue weighted by molar-refractivity contribution is 0.303. The van der Waals surface area contributed by atoms with Crippen molar-refractivity contribution in [1.82, 2.24) is 20.0 Å². The van der Waals surface area contributed by atoms with Crippen molar-refractivity contribution in [1.29, 1.82) is 0 Å². The summed E-state index contributed by atoms with van der Waals surface area (Å²) in [5.74, 6) is 3.94. The zero-order valence-corrected chi connectivity index (χ0v) is 22.3. The number of amidine groups is 1. The molecular formula is C28H38N8O. The topological polar surface area (TPSA) is 104 Å². The average Bonchev–Trinajstić information content (AvgIpc) is 3.58. The fourth-order valence-corrected chi connectivity index (χ4v) is 4.05. The van der Waals surface area contributed by atoms with E-state index in [0.717, 1.165) is 62.1 Å². The Hall–Kier alpha value is -3.72. The number of nitrogens with zero attached hydrogens (tertiary/aromatic N) is 5. The van der Waals surface area contributed by atoms with Gasteiger partial charge in [0.05, 0.1) is 13.1 Å². The van der Waals surface area contributed by atoms with Crippen LogP contribution in [-0.4, -0.2) is 58.6 Å². The largest absolute Gasteiger partial charge is 0.370 e. The molecule has 3 N–H and O–H groups in total. The van der Waals surface area contributed by atoms with E-state index in [0.29, 0.717) is 30.0 Å². The summed E-state index contributed by atoms with van der Waals surface area (Å²) in [5, 5.41) is 14.3. The molecule has 196 valence electrons.